The van der Waals surface area contributed by atoms with E-state index in [1.165, 1.54) is 19.3 Å². The van der Waals surface area contributed by atoms with Crippen molar-refractivity contribution in [2.75, 3.05) is 19.7 Å². The van der Waals surface area contributed by atoms with Crippen LogP contribution in [0.4, 0.5) is 0 Å². The molecule has 5 aliphatic carbocycles. The number of hydrogen-bond donors (Lipinski definition) is 1. The van der Waals surface area contributed by atoms with Crippen LogP contribution in [0.3, 0.4) is 0 Å². The Balaban J connectivity index is 1.10. The first-order valence-electron chi connectivity index (χ1n) is 12.3. The smallest absolute Gasteiger partial charge is 0.325 e. The lowest BCUT2D eigenvalue weighted by Crippen LogP contribution is -2.54. The normalized spacial score (nSPS) is 41.8. The average Bonchev–Trinajstić information content (AvgIpc) is 2.91. The lowest BCUT2D eigenvalue weighted by atomic mass is 9.49. The van der Waals surface area contributed by atoms with Gasteiger partial charge >= 0.3 is 5.97 Å². The zero-order chi connectivity index (χ0) is 22.0. The minimum Gasteiger partial charge on any atom is -0.454 e. The second-order valence-electron chi connectivity index (χ2n) is 12.8. The van der Waals surface area contributed by atoms with Crippen LogP contribution < -0.4 is 5.32 Å². The van der Waals surface area contributed by atoms with Gasteiger partial charge in [-0.3, -0.25) is 14.4 Å². The molecule has 0 unspecified atom stereocenters. The van der Waals surface area contributed by atoms with Gasteiger partial charge in [0.05, 0.1) is 0 Å². The molecule has 0 aromatic heterocycles. The van der Waals surface area contributed by atoms with Gasteiger partial charge in [0, 0.05) is 18.0 Å². The number of esters is 1. The summed E-state index contributed by atoms with van der Waals surface area (Å²) in [6, 6.07) is 0.246. The maximum Gasteiger partial charge on any atom is 0.325 e. The summed E-state index contributed by atoms with van der Waals surface area (Å²) >= 11 is 0. The van der Waals surface area contributed by atoms with Gasteiger partial charge in [0.15, 0.2) is 6.61 Å². The molecule has 6 fully saturated rings. The average molecular weight is 431 g/mol. The Kier molecular flexibility index (Phi) is 4.95. The van der Waals surface area contributed by atoms with Gasteiger partial charge < -0.3 is 15.0 Å². The molecule has 1 saturated heterocycles. The predicted molar refractivity (Wildman–Crippen MR) is 116 cm³/mol. The molecule has 2 amide bonds. The van der Waals surface area contributed by atoms with Gasteiger partial charge in [-0.2, -0.15) is 0 Å². The Hall–Kier alpha value is -1.59. The molecule has 1 N–H and O–H groups in total. The van der Waals surface area contributed by atoms with Crippen LogP contribution in [0.5, 0.6) is 0 Å². The van der Waals surface area contributed by atoms with E-state index in [-0.39, 0.29) is 47.3 Å². The van der Waals surface area contributed by atoms with Gasteiger partial charge in [-0.25, -0.2) is 0 Å². The van der Waals surface area contributed by atoms with E-state index >= 15 is 0 Å². The van der Waals surface area contributed by atoms with Gasteiger partial charge in [0.25, 0.3) is 5.91 Å². The molecule has 31 heavy (non-hydrogen) atoms. The molecule has 6 rings (SSSR count). The zero-order valence-corrected chi connectivity index (χ0v) is 19.4. The molecule has 0 spiro atoms. The molecule has 0 aromatic rings. The topological polar surface area (TPSA) is 75.7 Å². The van der Waals surface area contributed by atoms with Gasteiger partial charge in [-0.15, -0.1) is 0 Å². The van der Waals surface area contributed by atoms with Crippen molar-refractivity contribution < 1.29 is 19.1 Å². The highest BCUT2D eigenvalue weighted by atomic mass is 16.5. The molecule has 1 heterocycles. The number of ether oxygens (including phenoxy) is 1. The summed E-state index contributed by atoms with van der Waals surface area (Å²) in [5.41, 5.74) is 0.142. The monoisotopic (exact) mass is 430 g/mol. The summed E-state index contributed by atoms with van der Waals surface area (Å²) in [5.74, 6) is 1.47. The number of rotatable bonds is 5. The first kappa shape index (κ1) is 21.3. The van der Waals surface area contributed by atoms with E-state index in [2.05, 4.69) is 26.1 Å². The van der Waals surface area contributed by atoms with E-state index in [0.29, 0.717) is 17.8 Å². The van der Waals surface area contributed by atoms with E-state index in [1.807, 2.05) is 4.90 Å². The number of amides is 2. The van der Waals surface area contributed by atoms with Crippen molar-refractivity contribution in [1.82, 2.24) is 10.2 Å². The standard InChI is InChI=1S/C25H38N2O4/c1-23(2)10-19-11-24(3,14-23)15-27(19)20(28)13-31-21(29)12-26-22(30)25-7-16-4-17(8-25)6-18(5-16)9-25/h16-19H,4-15H2,1-3H3,(H,26,30)/t16?,17?,18?,19-,24-,25?/m1/s1. The van der Waals surface area contributed by atoms with Crippen LogP contribution in [0.25, 0.3) is 0 Å². The van der Waals surface area contributed by atoms with Crippen molar-refractivity contribution >= 4 is 17.8 Å². The van der Waals surface area contributed by atoms with E-state index in [0.717, 1.165) is 45.1 Å². The first-order valence-corrected chi connectivity index (χ1v) is 12.3. The van der Waals surface area contributed by atoms with Crippen LogP contribution in [0.15, 0.2) is 0 Å². The summed E-state index contributed by atoms with van der Waals surface area (Å²) in [6.07, 6.45) is 9.94. The fourth-order valence-electron chi connectivity index (χ4n) is 8.76. The molecule has 6 bridgehead atoms. The maximum absolute atomic E-state index is 13.0. The Labute approximate surface area is 185 Å². The van der Waals surface area contributed by atoms with E-state index < -0.39 is 5.97 Å². The Morgan fingerprint density at radius 2 is 1.55 bits per heavy atom. The van der Waals surface area contributed by atoms with Crippen LogP contribution in [-0.4, -0.2) is 48.4 Å². The third kappa shape index (κ3) is 4.00. The van der Waals surface area contributed by atoms with Gasteiger partial charge in [0.2, 0.25) is 5.91 Å². The zero-order valence-electron chi connectivity index (χ0n) is 19.4. The second-order valence-corrected chi connectivity index (χ2v) is 12.8. The number of carbonyl (C=O) groups excluding carboxylic acids is 3. The fraction of sp³-hybridized carbons (Fsp3) is 0.880. The molecule has 6 heteroatoms. The van der Waals surface area contributed by atoms with E-state index in [4.69, 9.17) is 4.74 Å². The molecular formula is C25H38N2O4. The van der Waals surface area contributed by atoms with Crippen molar-refractivity contribution in [3.8, 4) is 0 Å². The molecule has 6 nitrogen and oxygen atoms in total. The molecule has 5 saturated carbocycles. The maximum atomic E-state index is 13.0. The number of nitrogens with one attached hydrogen (secondary N) is 1. The van der Waals surface area contributed by atoms with Crippen molar-refractivity contribution in [3.05, 3.63) is 0 Å². The number of hydrogen-bond acceptors (Lipinski definition) is 4. The molecule has 2 atom stereocenters. The Morgan fingerprint density at radius 1 is 0.935 bits per heavy atom. The van der Waals surface area contributed by atoms with Gasteiger partial charge in [-0.05, 0) is 86.4 Å². The number of fused-ring (bicyclic) bond motifs is 2. The SMILES string of the molecule is CC1(C)C[C@@H]2C[C@@](C)(CN2C(=O)COC(=O)CNC(=O)C23CC4CC(CC(C4)C2)C3)C1. The lowest BCUT2D eigenvalue weighted by Gasteiger charge is -2.55. The van der Waals surface area contributed by atoms with Crippen LogP contribution in [0, 0.1) is 34.0 Å². The van der Waals surface area contributed by atoms with Crippen LogP contribution in [0.2, 0.25) is 0 Å². The summed E-state index contributed by atoms with van der Waals surface area (Å²) < 4.78 is 5.27. The van der Waals surface area contributed by atoms with Crippen LogP contribution in [-0.2, 0) is 19.1 Å². The lowest BCUT2D eigenvalue weighted by molar-refractivity contribution is -0.154. The molecule has 1 aliphatic heterocycles. The van der Waals surface area contributed by atoms with Gasteiger partial charge in [0.1, 0.15) is 6.54 Å². The summed E-state index contributed by atoms with van der Waals surface area (Å²) in [4.78, 5) is 40.0. The molecule has 6 aliphatic rings. The number of nitrogens with zero attached hydrogens (tertiary/aromatic N) is 1. The van der Waals surface area contributed by atoms with Crippen molar-refractivity contribution in [1.29, 1.82) is 0 Å². The molecule has 0 aromatic carbocycles. The molecule has 0 radical (unpaired) electrons. The second kappa shape index (κ2) is 7.21. The third-order valence-corrected chi connectivity index (χ3v) is 9.00. The van der Waals surface area contributed by atoms with E-state index in [9.17, 15) is 14.4 Å². The summed E-state index contributed by atoms with van der Waals surface area (Å²) in [7, 11) is 0. The predicted octanol–water partition coefficient (Wildman–Crippen LogP) is 3.29. The minimum absolute atomic E-state index is 0.0263. The van der Waals surface area contributed by atoms with Crippen molar-refractivity contribution in [3.63, 3.8) is 0 Å². The van der Waals surface area contributed by atoms with Crippen LogP contribution >= 0.6 is 0 Å². The first-order chi connectivity index (χ1) is 14.5. The van der Waals surface area contributed by atoms with Crippen molar-refractivity contribution in [2.45, 2.75) is 84.6 Å². The highest BCUT2D eigenvalue weighted by Crippen LogP contribution is 2.60. The van der Waals surface area contributed by atoms with Crippen LogP contribution in [0.1, 0.15) is 78.6 Å². The highest BCUT2D eigenvalue weighted by molar-refractivity contribution is 5.87. The highest BCUT2D eigenvalue weighted by Gasteiger charge is 2.54. The minimum atomic E-state index is -0.514. The molecular weight excluding hydrogens is 392 g/mol. The van der Waals surface area contributed by atoms with Gasteiger partial charge in [-0.1, -0.05) is 20.8 Å². The largest absolute Gasteiger partial charge is 0.454 e. The summed E-state index contributed by atoms with van der Waals surface area (Å²) in [6.45, 7) is 7.21. The fourth-order valence-corrected chi connectivity index (χ4v) is 8.76. The number of carbonyl (C=O) groups is 3. The summed E-state index contributed by atoms with van der Waals surface area (Å²) in [5, 5.41) is 2.85. The third-order valence-electron chi connectivity index (χ3n) is 9.00. The van der Waals surface area contributed by atoms with E-state index in [1.54, 1.807) is 0 Å². The molecule has 172 valence electrons. The number of likely N-dealkylation sites (tertiary alicyclic amines) is 1. The Bertz CT molecular complexity index is 755. The quantitative estimate of drug-likeness (QED) is 0.679. The Morgan fingerprint density at radius 3 is 2.16 bits per heavy atom. The van der Waals surface area contributed by atoms with Crippen molar-refractivity contribution in [2.24, 2.45) is 34.0 Å².